The van der Waals surface area contributed by atoms with Gasteiger partial charge in [-0.15, -0.1) is 10.2 Å². The molecule has 1 N–H and O–H groups in total. The first-order chi connectivity index (χ1) is 9.49. The Morgan fingerprint density at radius 3 is 2.85 bits per heavy atom. The van der Waals surface area contributed by atoms with E-state index < -0.39 is 10.8 Å². The van der Waals surface area contributed by atoms with Crippen molar-refractivity contribution in [2.24, 2.45) is 7.05 Å². The van der Waals surface area contributed by atoms with E-state index in [2.05, 4.69) is 15.5 Å². The zero-order valence-electron chi connectivity index (χ0n) is 10.4. The lowest BCUT2D eigenvalue weighted by Crippen LogP contribution is -2.24. The van der Waals surface area contributed by atoms with Crippen molar-refractivity contribution in [3.63, 3.8) is 0 Å². The highest BCUT2D eigenvalue weighted by Crippen LogP contribution is 2.24. The first-order valence-electron chi connectivity index (χ1n) is 5.54. The molecule has 0 atom stereocenters. The maximum Gasteiger partial charge on any atom is 0.287 e. The Labute approximate surface area is 118 Å². The van der Waals surface area contributed by atoms with E-state index in [1.54, 1.807) is 11.6 Å². The maximum atomic E-state index is 11.9. The van der Waals surface area contributed by atoms with Crippen LogP contribution in [0.25, 0.3) is 0 Å². The maximum absolute atomic E-state index is 11.9. The summed E-state index contributed by atoms with van der Waals surface area (Å²) in [5, 5.41) is 20.7. The molecule has 0 unspecified atom stereocenters. The Balaban J connectivity index is 2.08. The predicted octanol–water partition coefficient (Wildman–Crippen LogP) is 1.31. The van der Waals surface area contributed by atoms with Crippen molar-refractivity contribution in [2.45, 2.75) is 6.54 Å². The Morgan fingerprint density at radius 2 is 2.30 bits per heavy atom. The van der Waals surface area contributed by atoms with Crippen LogP contribution in [0, 0.1) is 10.1 Å². The van der Waals surface area contributed by atoms with Crippen molar-refractivity contribution in [1.82, 2.24) is 20.1 Å². The van der Waals surface area contributed by atoms with Crippen LogP contribution in [0.5, 0.6) is 0 Å². The fourth-order valence-electron chi connectivity index (χ4n) is 1.52. The molecule has 0 saturated carbocycles. The molecule has 1 aromatic carbocycles. The van der Waals surface area contributed by atoms with E-state index >= 15 is 0 Å². The molecule has 0 bridgehead atoms. The second kappa shape index (κ2) is 5.66. The number of carbonyl (C=O) groups excluding carboxylic acids is 1. The van der Waals surface area contributed by atoms with Crippen molar-refractivity contribution in [2.75, 3.05) is 0 Å². The molecular formula is C11H10ClN5O3. The topological polar surface area (TPSA) is 103 Å². The lowest BCUT2D eigenvalue weighted by molar-refractivity contribution is -0.384. The molecule has 9 heteroatoms. The second-order valence-corrected chi connectivity index (χ2v) is 4.37. The predicted molar refractivity (Wildman–Crippen MR) is 70.3 cm³/mol. The lowest BCUT2D eigenvalue weighted by Gasteiger charge is -2.05. The summed E-state index contributed by atoms with van der Waals surface area (Å²) < 4.78 is 1.67. The van der Waals surface area contributed by atoms with Crippen molar-refractivity contribution >= 4 is 23.2 Å². The molecule has 104 valence electrons. The van der Waals surface area contributed by atoms with Gasteiger partial charge in [0.25, 0.3) is 11.6 Å². The van der Waals surface area contributed by atoms with Gasteiger partial charge in [0, 0.05) is 18.7 Å². The molecule has 1 aromatic heterocycles. The highest BCUT2D eigenvalue weighted by molar-refractivity contribution is 6.33. The van der Waals surface area contributed by atoms with Crippen LogP contribution in [0.1, 0.15) is 16.2 Å². The van der Waals surface area contributed by atoms with E-state index in [4.69, 9.17) is 11.6 Å². The summed E-state index contributed by atoms with van der Waals surface area (Å²) in [5.74, 6) is 0.191. The monoisotopic (exact) mass is 295 g/mol. The molecule has 2 rings (SSSR count). The second-order valence-electron chi connectivity index (χ2n) is 3.96. The number of nitro benzene ring substituents is 1. The van der Waals surface area contributed by atoms with Gasteiger partial charge in [-0.1, -0.05) is 11.6 Å². The highest BCUT2D eigenvalue weighted by Gasteiger charge is 2.15. The van der Waals surface area contributed by atoms with E-state index in [1.807, 2.05) is 0 Å². The standard InChI is InChI=1S/C11H10ClN5O3/c1-16-6-14-15-10(16)5-13-11(18)7-2-3-9(17(19)20)8(12)4-7/h2-4,6H,5H2,1H3,(H,13,18). The number of hydrogen-bond acceptors (Lipinski definition) is 5. The number of halogens is 1. The van der Waals surface area contributed by atoms with Gasteiger partial charge in [-0.05, 0) is 12.1 Å². The van der Waals surface area contributed by atoms with E-state index in [0.29, 0.717) is 5.82 Å². The molecule has 2 aromatic rings. The summed E-state index contributed by atoms with van der Waals surface area (Å²) in [7, 11) is 1.75. The summed E-state index contributed by atoms with van der Waals surface area (Å²) in [6.45, 7) is 0.198. The van der Waals surface area contributed by atoms with E-state index in [1.165, 1.54) is 24.5 Å². The largest absolute Gasteiger partial charge is 0.345 e. The van der Waals surface area contributed by atoms with Gasteiger partial charge in [-0.3, -0.25) is 14.9 Å². The average molecular weight is 296 g/mol. The number of hydrogen-bond donors (Lipinski definition) is 1. The van der Waals surface area contributed by atoms with Crippen molar-refractivity contribution in [1.29, 1.82) is 0 Å². The number of rotatable bonds is 4. The van der Waals surface area contributed by atoms with Crippen LogP contribution in [0.4, 0.5) is 5.69 Å². The number of nitrogens with one attached hydrogen (secondary N) is 1. The molecule has 0 saturated heterocycles. The third-order valence-electron chi connectivity index (χ3n) is 2.62. The molecule has 0 aliphatic carbocycles. The van der Waals surface area contributed by atoms with Crippen LogP contribution >= 0.6 is 11.6 Å². The van der Waals surface area contributed by atoms with Gasteiger partial charge in [0.1, 0.15) is 11.3 Å². The Morgan fingerprint density at radius 1 is 1.55 bits per heavy atom. The van der Waals surface area contributed by atoms with E-state index in [0.717, 1.165) is 0 Å². The van der Waals surface area contributed by atoms with Gasteiger partial charge in [-0.2, -0.15) is 0 Å². The molecule has 0 fully saturated rings. The number of benzene rings is 1. The Hall–Kier alpha value is -2.48. The lowest BCUT2D eigenvalue weighted by atomic mass is 10.2. The van der Waals surface area contributed by atoms with E-state index in [-0.39, 0.29) is 22.8 Å². The molecule has 8 nitrogen and oxygen atoms in total. The number of aromatic nitrogens is 3. The number of nitro groups is 1. The molecule has 0 spiro atoms. The minimum absolute atomic E-state index is 0.0821. The highest BCUT2D eigenvalue weighted by atomic mass is 35.5. The van der Waals surface area contributed by atoms with Crippen molar-refractivity contribution < 1.29 is 9.72 Å². The average Bonchev–Trinajstić information content (AvgIpc) is 2.81. The van der Waals surface area contributed by atoms with Gasteiger partial charge in [0.15, 0.2) is 5.82 Å². The first kappa shape index (κ1) is 13.9. The quantitative estimate of drug-likeness (QED) is 0.676. The van der Waals surface area contributed by atoms with Gasteiger partial charge in [0.05, 0.1) is 11.5 Å². The summed E-state index contributed by atoms with van der Waals surface area (Å²) >= 11 is 5.75. The van der Waals surface area contributed by atoms with Crippen molar-refractivity contribution in [3.8, 4) is 0 Å². The number of carbonyl (C=O) groups is 1. The molecule has 0 radical (unpaired) electrons. The fraction of sp³-hybridized carbons (Fsp3) is 0.182. The molecule has 1 heterocycles. The SMILES string of the molecule is Cn1cnnc1CNC(=O)c1ccc([N+](=O)[O-])c(Cl)c1. The van der Waals surface area contributed by atoms with Gasteiger partial charge >= 0.3 is 0 Å². The number of amides is 1. The molecule has 0 aliphatic rings. The third-order valence-corrected chi connectivity index (χ3v) is 2.92. The zero-order valence-corrected chi connectivity index (χ0v) is 11.2. The molecular weight excluding hydrogens is 286 g/mol. The fourth-order valence-corrected chi connectivity index (χ4v) is 1.77. The molecule has 1 amide bonds. The van der Waals surface area contributed by atoms with Crippen LogP contribution < -0.4 is 5.32 Å². The normalized spacial score (nSPS) is 10.3. The third kappa shape index (κ3) is 2.91. The van der Waals surface area contributed by atoms with Gasteiger partial charge in [-0.25, -0.2) is 0 Å². The van der Waals surface area contributed by atoms with Gasteiger partial charge in [0.2, 0.25) is 0 Å². The summed E-state index contributed by atoms with van der Waals surface area (Å²) in [6.07, 6.45) is 1.52. The van der Waals surface area contributed by atoms with E-state index in [9.17, 15) is 14.9 Å². The minimum atomic E-state index is -0.608. The van der Waals surface area contributed by atoms with Crippen LogP contribution in [0.2, 0.25) is 5.02 Å². The smallest absolute Gasteiger partial charge is 0.287 e. The van der Waals surface area contributed by atoms with Crippen LogP contribution in [-0.2, 0) is 13.6 Å². The van der Waals surface area contributed by atoms with Crippen molar-refractivity contribution in [3.05, 3.63) is 51.1 Å². The summed E-state index contributed by atoms with van der Waals surface area (Å²) in [5.41, 5.74) is -0.000661. The number of aryl methyl sites for hydroxylation is 1. The van der Waals surface area contributed by atoms with Crippen LogP contribution in [0.3, 0.4) is 0 Å². The zero-order chi connectivity index (χ0) is 14.7. The number of nitrogens with zero attached hydrogens (tertiary/aromatic N) is 4. The Kier molecular flexibility index (Phi) is 3.94. The van der Waals surface area contributed by atoms with Crippen LogP contribution in [-0.4, -0.2) is 25.6 Å². The molecule has 20 heavy (non-hydrogen) atoms. The Bertz CT molecular complexity index is 670. The summed E-state index contributed by atoms with van der Waals surface area (Å²) in [4.78, 5) is 21.9. The van der Waals surface area contributed by atoms with Gasteiger partial charge < -0.3 is 9.88 Å². The summed E-state index contributed by atoms with van der Waals surface area (Å²) in [6, 6.07) is 3.79. The first-order valence-corrected chi connectivity index (χ1v) is 5.92. The minimum Gasteiger partial charge on any atom is -0.345 e. The molecule has 0 aliphatic heterocycles. The van der Waals surface area contributed by atoms with Crippen LogP contribution in [0.15, 0.2) is 24.5 Å².